The first-order valence-corrected chi connectivity index (χ1v) is 4.34. The second-order valence-electron chi connectivity index (χ2n) is 3.21. The van der Waals surface area contributed by atoms with E-state index in [9.17, 15) is 0 Å². The summed E-state index contributed by atoms with van der Waals surface area (Å²) in [5.74, 6) is 0.989. The number of hydrogen-bond acceptors (Lipinski definition) is 3. The molecule has 1 unspecified atom stereocenters. The van der Waals surface area contributed by atoms with Gasteiger partial charge in [-0.25, -0.2) is 4.98 Å². The van der Waals surface area contributed by atoms with Gasteiger partial charge in [-0.15, -0.1) is 0 Å². The molecule has 2 N–H and O–H groups in total. The smallest absolute Gasteiger partial charge is 0.202 e. The molecule has 1 aliphatic rings. The van der Waals surface area contributed by atoms with Crippen molar-refractivity contribution in [2.45, 2.75) is 13.0 Å². The maximum absolute atomic E-state index is 4.22. The third-order valence-electron chi connectivity index (χ3n) is 2.15. The zero-order valence-corrected chi connectivity index (χ0v) is 7.25. The van der Waals surface area contributed by atoms with Gasteiger partial charge in [0.1, 0.15) is 0 Å². The molecule has 0 aliphatic carbocycles. The Morgan fingerprint density at radius 2 is 2.58 bits per heavy atom. The Morgan fingerprint density at radius 3 is 3.25 bits per heavy atom. The van der Waals surface area contributed by atoms with Gasteiger partial charge in [0, 0.05) is 38.1 Å². The summed E-state index contributed by atoms with van der Waals surface area (Å²) in [6, 6.07) is 0.559. The Labute approximate surface area is 72.0 Å². The highest BCUT2D eigenvalue weighted by Gasteiger charge is 2.16. The Kier molecular flexibility index (Phi) is 1.99. The second kappa shape index (κ2) is 3.15. The first-order chi connectivity index (χ1) is 5.86. The van der Waals surface area contributed by atoms with Gasteiger partial charge in [-0.3, -0.25) is 0 Å². The predicted octanol–water partition coefficient (Wildman–Crippen LogP) is 0.208. The van der Waals surface area contributed by atoms with Gasteiger partial charge in [-0.2, -0.15) is 0 Å². The molecule has 0 aromatic carbocycles. The highest BCUT2D eigenvalue weighted by atomic mass is 15.3. The number of nitrogens with zero attached hydrogens (tertiary/aromatic N) is 2. The fraction of sp³-hybridized carbons (Fsp3) is 0.625. The van der Waals surface area contributed by atoms with Crippen LogP contribution in [0.5, 0.6) is 0 Å². The number of aromatic amines is 1. The van der Waals surface area contributed by atoms with E-state index in [1.54, 1.807) is 6.20 Å². The van der Waals surface area contributed by atoms with Crippen LogP contribution in [0, 0.1) is 0 Å². The van der Waals surface area contributed by atoms with Crippen LogP contribution in [0.1, 0.15) is 6.92 Å². The van der Waals surface area contributed by atoms with Gasteiger partial charge >= 0.3 is 0 Å². The first kappa shape index (κ1) is 7.61. The maximum atomic E-state index is 4.22. The van der Waals surface area contributed by atoms with E-state index in [1.807, 2.05) is 6.20 Å². The molecular weight excluding hydrogens is 152 g/mol. The molecule has 1 atom stereocenters. The molecule has 0 saturated carbocycles. The standard InChI is InChI=1S/C8H14N4/c1-7-6-12(5-4-9-7)8-10-2-3-11-8/h2-3,7,9H,4-6H2,1H3,(H,10,11). The lowest BCUT2D eigenvalue weighted by molar-refractivity contribution is 0.480. The van der Waals surface area contributed by atoms with Crippen molar-refractivity contribution in [2.24, 2.45) is 0 Å². The molecule has 1 aromatic rings. The molecule has 12 heavy (non-hydrogen) atoms. The molecule has 1 saturated heterocycles. The Bertz CT molecular complexity index is 231. The lowest BCUT2D eigenvalue weighted by atomic mass is 10.2. The summed E-state index contributed by atoms with van der Waals surface area (Å²) in [4.78, 5) is 9.60. The molecule has 1 fully saturated rings. The summed E-state index contributed by atoms with van der Waals surface area (Å²) in [5, 5.41) is 3.39. The van der Waals surface area contributed by atoms with Crippen LogP contribution in [0.4, 0.5) is 5.95 Å². The number of anilines is 1. The van der Waals surface area contributed by atoms with Crippen LogP contribution in [0.15, 0.2) is 12.4 Å². The number of rotatable bonds is 1. The van der Waals surface area contributed by atoms with Crippen LogP contribution in [-0.2, 0) is 0 Å². The number of H-pyrrole nitrogens is 1. The molecular formula is C8H14N4. The van der Waals surface area contributed by atoms with E-state index < -0.39 is 0 Å². The van der Waals surface area contributed by atoms with Crippen molar-refractivity contribution in [1.29, 1.82) is 0 Å². The van der Waals surface area contributed by atoms with E-state index in [4.69, 9.17) is 0 Å². The largest absolute Gasteiger partial charge is 0.340 e. The lowest BCUT2D eigenvalue weighted by Gasteiger charge is -2.31. The molecule has 1 aromatic heterocycles. The van der Waals surface area contributed by atoms with Crippen LogP contribution < -0.4 is 10.2 Å². The van der Waals surface area contributed by atoms with Gasteiger partial charge in [-0.05, 0) is 6.92 Å². The van der Waals surface area contributed by atoms with Crippen LogP contribution in [0.3, 0.4) is 0 Å². The third kappa shape index (κ3) is 1.43. The van der Waals surface area contributed by atoms with E-state index in [2.05, 4.69) is 27.1 Å². The normalized spacial score (nSPS) is 24.4. The van der Waals surface area contributed by atoms with Crippen LogP contribution in [0.25, 0.3) is 0 Å². The molecule has 0 spiro atoms. The van der Waals surface area contributed by atoms with Crippen molar-refractivity contribution in [2.75, 3.05) is 24.5 Å². The maximum Gasteiger partial charge on any atom is 0.202 e. The fourth-order valence-electron chi connectivity index (χ4n) is 1.55. The Morgan fingerprint density at radius 1 is 1.67 bits per heavy atom. The van der Waals surface area contributed by atoms with Crippen molar-refractivity contribution in [3.05, 3.63) is 12.4 Å². The van der Waals surface area contributed by atoms with Crippen LogP contribution >= 0.6 is 0 Å². The Balaban J connectivity index is 2.04. The topological polar surface area (TPSA) is 44.0 Å². The highest BCUT2D eigenvalue weighted by Crippen LogP contribution is 2.08. The SMILES string of the molecule is CC1CN(c2ncc[nH]2)CCN1. The summed E-state index contributed by atoms with van der Waals surface area (Å²) in [6.45, 7) is 5.31. The first-order valence-electron chi connectivity index (χ1n) is 4.34. The van der Waals surface area contributed by atoms with Gasteiger partial charge in [0.25, 0.3) is 0 Å². The summed E-state index contributed by atoms with van der Waals surface area (Å²) in [5.41, 5.74) is 0. The quantitative estimate of drug-likeness (QED) is 0.626. The van der Waals surface area contributed by atoms with Crippen molar-refractivity contribution >= 4 is 5.95 Å². The number of nitrogens with one attached hydrogen (secondary N) is 2. The third-order valence-corrected chi connectivity index (χ3v) is 2.15. The average Bonchev–Trinajstić information content (AvgIpc) is 2.56. The monoisotopic (exact) mass is 166 g/mol. The summed E-state index contributed by atoms with van der Waals surface area (Å²) in [7, 11) is 0. The number of hydrogen-bond donors (Lipinski definition) is 2. The van der Waals surface area contributed by atoms with Crippen LogP contribution in [-0.4, -0.2) is 35.6 Å². The van der Waals surface area contributed by atoms with Crippen molar-refractivity contribution in [1.82, 2.24) is 15.3 Å². The predicted molar refractivity (Wildman–Crippen MR) is 48.3 cm³/mol. The van der Waals surface area contributed by atoms with Crippen molar-refractivity contribution in [3.63, 3.8) is 0 Å². The fourth-order valence-corrected chi connectivity index (χ4v) is 1.55. The van der Waals surface area contributed by atoms with Gasteiger partial charge in [0.05, 0.1) is 0 Å². The summed E-state index contributed by atoms with van der Waals surface area (Å²) in [6.07, 6.45) is 3.66. The molecule has 1 aliphatic heterocycles. The van der Waals surface area contributed by atoms with E-state index >= 15 is 0 Å². The summed E-state index contributed by atoms with van der Waals surface area (Å²) < 4.78 is 0. The lowest BCUT2D eigenvalue weighted by Crippen LogP contribution is -2.49. The molecule has 2 rings (SSSR count). The van der Waals surface area contributed by atoms with Crippen molar-refractivity contribution < 1.29 is 0 Å². The second-order valence-corrected chi connectivity index (χ2v) is 3.21. The summed E-state index contributed by atoms with van der Waals surface area (Å²) >= 11 is 0. The Hall–Kier alpha value is -1.03. The van der Waals surface area contributed by atoms with E-state index in [0.717, 1.165) is 25.6 Å². The number of piperazine rings is 1. The zero-order chi connectivity index (χ0) is 8.39. The van der Waals surface area contributed by atoms with Crippen LogP contribution in [0.2, 0.25) is 0 Å². The average molecular weight is 166 g/mol. The van der Waals surface area contributed by atoms with Gasteiger partial charge < -0.3 is 15.2 Å². The van der Waals surface area contributed by atoms with E-state index in [0.29, 0.717) is 6.04 Å². The molecule has 66 valence electrons. The minimum absolute atomic E-state index is 0.559. The van der Waals surface area contributed by atoms with Gasteiger partial charge in [0.15, 0.2) is 0 Å². The number of aromatic nitrogens is 2. The van der Waals surface area contributed by atoms with Gasteiger partial charge in [-0.1, -0.05) is 0 Å². The van der Waals surface area contributed by atoms with E-state index in [1.165, 1.54) is 0 Å². The molecule has 4 nitrogen and oxygen atoms in total. The minimum atomic E-state index is 0.559. The van der Waals surface area contributed by atoms with E-state index in [-0.39, 0.29) is 0 Å². The molecule has 4 heteroatoms. The molecule has 0 bridgehead atoms. The molecule has 0 amide bonds. The van der Waals surface area contributed by atoms with Crippen molar-refractivity contribution in [3.8, 4) is 0 Å². The zero-order valence-electron chi connectivity index (χ0n) is 7.25. The van der Waals surface area contributed by atoms with Gasteiger partial charge in [0.2, 0.25) is 5.95 Å². The molecule has 2 heterocycles. The molecule has 0 radical (unpaired) electrons. The number of imidazole rings is 1. The highest BCUT2D eigenvalue weighted by molar-refractivity contribution is 5.30. The minimum Gasteiger partial charge on any atom is -0.340 e.